The molecule has 1 fully saturated rings. The van der Waals surface area contributed by atoms with Crippen LogP contribution in [-0.2, 0) is 11.2 Å². The van der Waals surface area contributed by atoms with E-state index in [0.29, 0.717) is 23.4 Å². The van der Waals surface area contributed by atoms with Gasteiger partial charge in [-0.3, -0.25) is 4.79 Å². The molecule has 3 nitrogen and oxygen atoms in total. The molecule has 98 valence electrons. The average molecular weight is 271 g/mol. The monoisotopic (exact) mass is 270 g/mol. The number of piperazine rings is 1. The van der Waals surface area contributed by atoms with E-state index in [4.69, 9.17) is 11.6 Å². The molecule has 0 spiro atoms. The van der Waals surface area contributed by atoms with Crippen LogP contribution in [0.4, 0.5) is 4.39 Å². The third kappa shape index (κ3) is 3.21. The number of carbonyl (C=O) groups excluding carboxylic acids is 1. The summed E-state index contributed by atoms with van der Waals surface area (Å²) in [4.78, 5) is 13.7. The molecule has 5 heteroatoms. The number of amides is 1. The second-order valence-electron chi connectivity index (χ2n) is 4.33. The molecule has 2 rings (SSSR count). The largest absolute Gasteiger partial charge is 0.340 e. The summed E-state index contributed by atoms with van der Waals surface area (Å²) in [5, 5.41) is 3.58. The van der Waals surface area contributed by atoms with Gasteiger partial charge in [0.2, 0.25) is 5.91 Å². The SMILES string of the molecule is O=C(CCc1c(F)cccc1Cl)N1CCNCC1. The van der Waals surface area contributed by atoms with Gasteiger partial charge in [-0.05, 0) is 18.6 Å². The highest BCUT2D eigenvalue weighted by molar-refractivity contribution is 6.31. The molecule has 1 aliphatic heterocycles. The van der Waals surface area contributed by atoms with Gasteiger partial charge in [-0.2, -0.15) is 0 Å². The van der Waals surface area contributed by atoms with Crippen LogP contribution in [0.5, 0.6) is 0 Å². The fourth-order valence-corrected chi connectivity index (χ4v) is 2.33. The Bertz CT molecular complexity index is 413. The van der Waals surface area contributed by atoms with Crippen LogP contribution in [0, 0.1) is 5.82 Å². The van der Waals surface area contributed by atoms with Crippen molar-refractivity contribution in [3.05, 3.63) is 34.6 Å². The summed E-state index contributed by atoms with van der Waals surface area (Å²) in [6.07, 6.45) is 0.662. The molecule has 0 saturated carbocycles. The Morgan fingerprint density at radius 1 is 1.39 bits per heavy atom. The van der Waals surface area contributed by atoms with E-state index < -0.39 is 0 Å². The Morgan fingerprint density at radius 2 is 2.11 bits per heavy atom. The van der Waals surface area contributed by atoms with Gasteiger partial charge >= 0.3 is 0 Å². The van der Waals surface area contributed by atoms with Crippen molar-refractivity contribution in [2.24, 2.45) is 0 Å². The number of nitrogens with one attached hydrogen (secondary N) is 1. The second-order valence-corrected chi connectivity index (χ2v) is 4.74. The average Bonchev–Trinajstić information content (AvgIpc) is 2.39. The Labute approximate surface area is 111 Å². The minimum Gasteiger partial charge on any atom is -0.340 e. The lowest BCUT2D eigenvalue weighted by Gasteiger charge is -2.27. The molecule has 1 aliphatic rings. The van der Waals surface area contributed by atoms with Crippen molar-refractivity contribution in [3.63, 3.8) is 0 Å². The smallest absolute Gasteiger partial charge is 0.222 e. The van der Waals surface area contributed by atoms with Gasteiger partial charge in [0.1, 0.15) is 5.82 Å². The highest BCUT2D eigenvalue weighted by atomic mass is 35.5. The Morgan fingerprint density at radius 3 is 2.78 bits per heavy atom. The summed E-state index contributed by atoms with van der Waals surface area (Å²) in [5.41, 5.74) is 0.433. The van der Waals surface area contributed by atoms with Gasteiger partial charge in [0.25, 0.3) is 0 Å². The van der Waals surface area contributed by atoms with Crippen molar-refractivity contribution in [3.8, 4) is 0 Å². The molecule has 18 heavy (non-hydrogen) atoms. The predicted octanol–water partition coefficient (Wildman–Crippen LogP) is 1.84. The highest BCUT2D eigenvalue weighted by Gasteiger charge is 2.17. The Balaban J connectivity index is 1.92. The molecule has 0 aromatic heterocycles. The van der Waals surface area contributed by atoms with E-state index in [0.717, 1.165) is 26.2 Å². The summed E-state index contributed by atoms with van der Waals surface area (Å²) < 4.78 is 13.5. The molecular formula is C13H16ClFN2O. The van der Waals surface area contributed by atoms with Crippen molar-refractivity contribution >= 4 is 17.5 Å². The van der Waals surface area contributed by atoms with Crippen LogP contribution in [0.1, 0.15) is 12.0 Å². The van der Waals surface area contributed by atoms with E-state index in [2.05, 4.69) is 5.32 Å². The number of rotatable bonds is 3. The predicted molar refractivity (Wildman–Crippen MR) is 69.2 cm³/mol. The molecule has 0 bridgehead atoms. The van der Waals surface area contributed by atoms with Gasteiger partial charge in [-0.15, -0.1) is 0 Å². The first kappa shape index (κ1) is 13.3. The fourth-order valence-electron chi connectivity index (χ4n) is 2.08. The first-order valence-electron chi connectivity index (χ1n) is 6.10. The van der Waals surface area contributed by atoms with Gasteiger partial charge in [0.15, 0.2) is 0 Å². The van der Waals surface area contributed by atoms with E-state index >= 15 is 0 Å². The van der Waals surface area contributed by atoms with Gasteiger partial charge in [0, 0.05) is 43.2 Å². The fraction of sp³-hybridized carbons (Fsp3) is 0.462. The number of hydrogen-bond acceptors (Lipinski definition) is 2. The van der Waals surface area contributed by atoms with Crippen LogP contribution in [0.2, 0.25) is 5.02 Å². The molecule has 0 unspecified atom stereocenters. The lowest BCUT2D eigenvalue weighted by molar-refractivity contribution is -0.131. The van der Waals surface area contributed by atoms with Crippen LogP contribution in [0.15, 0.2) is 18.2 Å². The topological polar surface area (TPSA) is 32.3 Å². The van der Waals surface area contributed by atoms with Crippen LogP contribution in [-0.4, -0.2) is 37.0 Å². The molecule has 1 N–H and O–H groups in total. The van der Waals surface area contributed by atoms with Crippen LogP contribution >= 0.6 is 11.6 Å². The summed E-state index contributed by atoms with van der Waals surface area (Å²) in [7, 11) is 0. The van der Waals surface area contributed by atoms with Crippen molar-refractivity contribution in [1.29, 1.82) is 0 Å². The summed E-state index contributed by atoms with van der Waals surface area (Å²) in [5.74, 6) is -0.272. The molecule has 0 aliphatic carbocycles. The van der Waals surface area contributed by atoms with Gasteiger partial charge in [-0.1, -0.05) is 17.7 Å². The molecule has 1 aromatic carbocycles. The van der Waals surface area contributed by atoms with Crippen LogP contribution in [0.25, 0.3) is 0 Å². The zero-order chi connectivity index (χ0) is 13.0. The third-order valence-corrected chi connectivity index (χ3v) is 3.47. The molecule has 1 aromatic rings. The molecule has 0 radical (unpaired) electrons. The van der Waals surface area contributed by atoms with Crippen molar-refractivity contribution in [2.45, 2.75) is 12.8 Å². The quantitative estimate of drug-likeness (QED) is 0.909. The molecule has 0 atom stereocenters. The van der Waals surface area contributed by atoms with Crippen LogP contribution < -0.4 is 5.32 Å². The first-order chi connectivity index (χ1) is 8.68. The summed E-state index contributed by atoms with van der Waals surface area (Å²) in [6, 6.07) is 4.59. The van der Waals surface area contributed by atoms with E-state index in [-0.39, 0.29) is 11.7 Å². The van der Waals surface area contributed by atoms with Gasteiger partial charge < -0.3 is 10.2 Å². The maximum atomic E-state index is 13.5. The molecule has 1 amide bonds. The minimum absolute atomic E-state index is 0.0656. The lowest BCUT2D eigenvalue weighted by Crippen LogP contribution is -2.46. The van der Waals surface area contributed by atoms with Gasteiger partial charge in [-0.25, -0.2) is 4.39 Å². The zero-order valence-corrected chi connectivity index (χ0v) is 10.8. The van der Waals surface area contributed by atoms with E-state index in [1.54, 1.807) is 12.1 Å². The summed E-state index contributed by atoms with van der Waals surface area (Å²) >= 11 is 5.92. The van der Waals surface area contributed by atoms with E-state index in [1.165, 1.54) is 6.07 Å². The number of hydrogen-bond donors (Lipinski definition) is 1. The van der Waals surface area contributed by atoms with Crippen LogP contribution in [0.3, 0.4) is 0 Å². The van der Waals surface area contributed by atoms with E-state index in [1.807, 2.05) is 4.90 Å². The Kier molecular flexibility index (Phi) is 4.55. The Hall–Kier alpha value is -1.13. The maximum absolute atomic E-state index is 13.5. The van der Waals surface area contributed by atoms with Gasteiger partial charge in [0.05, 0.1) is 0 Å². The van der Waals surface area contributed by atoms with Crippen molar-refractivity contribution in [2.75, 3.05) is 26.2 Å². The molecule has 1 saturated heterocycles. The number of benzene rings is 1. The third-order valence-electron chi connectivity index (χ3n) is 3.12. The minimum atomic E-state index is -0.337. The molecular weight excluding hydrogens is 255 g/mol. The summed E-state index contributed by atoms with van der Waals surface area (Å²) in [6.45, 7) is 3.10. The standard InChI is InChI=1S/C13H16ClFN2O/c14-11-2-1-3-12(15)10(11)4-5-13(18)17-8-6-16-7-9-17/h1-3,16H,4-9H2. The second kappa shape index (κ2) is 6.16. The maximum Gasteiger partial charge on any atom is 0.222 e. The van der Waals surface area contributed by atoms with Crippen molar-refractivity contribution < 1.29 is 9.18 Å². The lowest BCUT2D eigenvalue weighted by atomic mass is 10.1. The normalized spacial score (nSPS) is 15.8. The number of carbonyl (C=O) groups is 1. The zero-order valence-electron chi connectivity index (χ0n) is 10.1. The highest BCUT2D eigenvalue weighted by Crippen LogP contribution is 2.20. The number of halogens is 2. The first-order valence-corrected chi connectivity index (χ1v) is 6.47. The number of nitrogens with zero attached hydrogens (tertiary/aromatic N) is 1. The molecule has 1 heterocycles. The van der Waals surface area contributed by atoms with E-state index in [9.17, 15) is 9.18 Å². The van der Waals surface area contributed by atoms with Crippen molar-refractivity contribution in [1.82, 2.24) is 10.2 Å².